The normalized spacial score (nSPS) is 11.1. The number of hydrogen-bond acceptors (Lipinski definition) is 3. The molecule has 110 valence electrons. The van der Waals surface area contributed by atoms with Crippen LogP contribution in [0.25, 0.3) is 0 Å². The number of benzene rings is 1. The van der Waals surface area contributed by atoms with Crippen molar-refractivity contribution >= 4 is 47.9 Å². The van der Waals surface area contributed by atoms with E-state index in [9.17, 15) is 8.42 Å². The summed E-state index contributed by atoms with van der Waals surface area (Å²) in [5, 5.41) is 0. The largest absolute Gasteiger partial charge is 0.296 e. The summed E-state index contributed by atoms with van der Waals surface area (Å²) in [6, 6.07) is 8.30. The van der Waals surface area contributed by atoms with Gasteiger partial charge in [-0.05, 0) is 18.6 Å². The van der Waals surface area contributed by atoms with Crippen LogP contribution < -0.4 is 0 Å². The van der Waals surface area contributed by atoms with Crippen LogP contribution >= 0.6 is 0 Å². The summed E-state index contributed by atoms with van der Waals surface area (Å²) in [6.45, 7) is 2.48. The monoisotopic (exact) mass is 324 g/mol. The molecule has 0 bridgehead atoms. The minimum absolute atomic E-state index is 0. The molecule has 0 amide bonds. The molecule has 2 radical (unpaired) electrons. The Kier molecular flexibility index (Phi) is 12.2. The molecule has 0 atom stereocenters. The van der Waals surface area contributed by atoms with Crippen molar-refractivity contribution in [2.45, 2.75) is 56.8 Å². The van der Waals surface area contributed by atoms with Gasteiger partial charge in [0.15, 0.2) is 0 Å². The van der Waals surface area contributed by atoms with Crippen molar-refractivity contribution in [1.29, 1.82) is 0 Å². The van der Waals surface area contributed by atoms with Gasteiger partial charge in [0, 0.05) is 37.7 Å². The first-order chi connectivity index (χ1) is 9.17. The fraction of sp³-hybridized carbons (Fsp3) is 0.600. The maximum Gasteiger partial charge on any atom is 0.296 e. The van der Waals surface area contributed by atoms with E-state index in [2.05, 4.69) is 6.92 Å². The molecule has 0 saturated heterocycles. The molecule has 1 rings (SSSR count). The Hall–Kier alpha value is 0.390. The van der Waals surface area contributed by atoms with Crippen molar-refractivity contribution < 1.29 is 12.6 Å². The van der Waals surface area contributed by atoms with Gasteiger partial charge in [-0.2, -0.15) is 8.42 Å². The van der Waals surface area contributed by atoms with Crippen molar-refractivity contribution in [1.82, 2.24) is 0 Å². The van der Waals surface area contributed by atoms with E-state index in [4.69, 9.17) is 4.18 Å². The van der Waals surface area contributed by atoms with Crippen molar-refractivity contribution in [3.63, 3.8) is 0 Å². The number of rotatable bonds is 10. The molecule has 0 saturated carbocycles. The predicted octanol–water partition coefficient (Wildman–Crippen LogP) is 3.76. The summed E-state index contributed by atoms with van der Waals surface area (Å²) in [5.74, 6) is 0. The number of hydrogen-bond donors (Lipinski definition) is 0. The van der Waals surface area contributed by atoms with Gasteiger partial charge in [-0.1, -0.05) is 63.6 Å². The Morgan fingerprint density at radius 1 is 0.900 bits per heavy atom. The zero-order valence-corrected chi connectivity index (χ0v) is 15.4. The Morgan fingerprint density at radius 2 is 1.45 bits per heavy atom. The maximum atomic E-state index is 11.8. The summed E-state index contributed by atoms with van der Waals surface area (Å²) >= 11 is 0. The van der Waals surface area contributed by atoms with E-state index in [-0.39, 0.29) is 49.2 Å². The molecule has 0 heterocycles. The van der Waals surface area contributed by atoms with Gasteiger partial charge in [-0.3, -0.25) is 4.18 Å². The van der Waals surface area contributed by atoms with E-state index in [0.29, 0.717) is 0 Å². The van der Waals surface area contributed by atoms with Crippen LogP contribution in [-0.4, -0.2) is 52.8 Å². The second-order valence-corrected chi connectivity index (χ2v) is 6.33. The summed E-state index contributed by atoms with van der Waals surface area (Å²) < 4.78 is 28.6. The van der Waals surface area contributed by atoms with Crippen molar-refractivity contribution in [3.8, 4) is 0 Å². The first kappa shape index (κ1) is 20.4. The maximum absolute atomic E-state index is 11.8. The molecule has 0 aromatic heterocycles. The zero-order valence-electron chi connectivity index (χ0n) is 12.4. The third-order valence-electron chi connectivity index (χ3n) is 3.02. The third kappa shape index (κ3) is 8.63. The average molecular weight is 324 g/mol. The van der Waals surface area contributed by atoms with Crippen molar-refractivity contribution in [2.24, 2.45) is 0 Å². The summed E-state index contributed by atoms with van der Waals surface area (Å²) in [5.41, 5.74) is 0. The molecular formula is C15H24CaO3S. The van der Waals surface area contributed by atoms with Gasteiger partial charge in [0.2, 0.25) is 0 Å². The van der Waals surface area contributed by atoms with Crippen LogP contribution in [0.2, 0.25) is 0 Å². The van der Waals surface area contributed by atoms with Gasteiger partial charge in [0.1, 0.15) is 0 Å². The minimum Gasteiger partial charge on any atom is -0.266 e. The Morgan fingerprint density at radius 3 is 2.05 bits per heavy atom. The van der Waals surface area contributed by atoms with Crippen LogP contribution in [0.15, 0.2) is 35.2 Å². The van der Waals surface area contributed by atoms with Gasteiger partial charge in [-0.25, -0.2) is 0 Å². The minimum atomic E-state index is -3.56. The zero-order chi connectivity index (χ0) is 14.0. The summed E-state index contributed by atoms with van der Waals surface area (Å²) in [7, 11) is -3.56. The van der Waals surface area contributed by atoms with Gasteiger partial charge < -0.3 is 0 Å². The van der Waals surface area contributed by atoms with E-state index in [1.807, 2.05) is 0 Å². The second-order valence-electron chi connectivity index (χ2n) is 4.71. The molecule has 3 nitrogen and oxygen atoms in total. The summed E-state index contributed by atoms with van der Waals surface area (Å²) in [4.78, 5) is 0.234. The topological polar surface area (TPSA) is 43.4 Å². The molecule has 0 spiro atoms. The van der Waals surface area contributed by atoms with Gasteiger partial charge in [0.25, 0.3) is 10.1 Å². The molecule has 0 aliphatic rings. The van der Waals surface area contributed by atoms with Crippen LogP contribution in [0.5, 0.6) is 0 Å². The number of unbranched alkanes of at least 4 members (excludes halogenated alkanes) is 6. The molecule has 1 aromatic rings. The summed E-state index contributed by atoms with van der Waals surface area (Å²) in [6.07, 6.45) is 8.05. The third-order valence-corrected chi connectivity index (χ3v) is 4.34. The standard InChI is InChI=1S/C15H24O3S.Ca/c1-2-3-4-5-6-7-11-14-18-19(16,17)15-12-9-8-10-13-15;/h8-10,12-13H,2-7,11,14H2,1H3;. The fourth-order valence-electron chi connectivity index (χ4n) is 1.88. The van der Waals surface area contributed by atoms with Crippen LogP contribution in [0.4, 0.5) is 0 Å². The SMILES string of the molecule is CCCCCCCCCOS(=O)(=O)c1ccccc1.[Ca]. The van der Waals surface area contributed by atoms with Crippen LogP contribution in [0.3, 0.4) is 0 Å². The molecule has 0 aliphatic carbocycles. The molecule has 1 aromatic carbocycles. The first-order valence-corrected chi connectivity index (χ1v) is 8.52. The molecule has 20 heavy (non-hydrogen) atoms. The van der Waals surface area contributed by atoms with Gasteiger partial charge in [0.05, 0.1) is 11.5 Å². The van der Waals surface area contributed by atoms with E-state index in [1.165, 1.54) is 25.7 Å². The molecular weight excluding hydrogens is 300 g/mol. The van der Waals surface area contributed by atoms with E-state index in [0.717, 1.165) is 19.3 Å². The fourth-order valence-corrected chi connectivity index (χ4v) is 2.85. The van der Waals surface area contributed by atoms with E-state index >= 15 is 0 Å². The van der Waals surface area contributed by atoms with Crippen molar-refractivity contribution in [2.75, 3.05) is 6.61 Å². The first-order valence-electron chi connectivity index (χ1n) is 7.11. The van der Waals surface area contributed by atoms with Crippen LogP contribution in [0.1, 0.15) is 51.9 Å². The van der Waals surface area contributed by atoms with Crippen molar-refractivity contribution in [3.05, 3.63) is 30.3 Å². The van der Waals surface area contributed by atoms with Gasteiger partial charge in [-0.15, -0.1) is 0 Å². The smallest absolute Gasteiger partial charge is 0.266 e. The second kappa shape index (κ2) is 12.0. The quantitative estimate of drug-likeness (QED) is 0.374. The van der Waals surface area contributed by atoms with Gasteiger partial charge >= 0.3 is 0 Å². The van der Waals surface area contributed by atoms with Crippen LogP contribution in [0, 0.1) is 0 Å². The van der Waals surface area contributed by atoms with Crippen LogP contribution in [-0.2, 0) is 14.3 Å². The molecule has 5 heteroatoms. The Labute approximate surface area is 153 Å². The van der Waals surface area contributed by atoms with E-state index in [1.54, 1.807) is 30.3 Å². The molecule has 0 unspecified atom stereocenters. The molecule has 0 aliphatic heterocycles. The van der Waals surface area contributed by atoms with E-state index < -0.39 is 10.1 Å². The Balaban J connectivity index is 0.00000361. The molecule has 0 N–H and O–H groups in total. The Bertz CT molecular complexity index is 432. The average Bonchev–Trinajstić information content (AvgIpc) is 2.43. The molecule has 0 fully saturated rings. The predicted molar refractivity (Wildman–Crippen MR) is 83.3 cm³/mol.